The summed E-state index contributed by atoms with van der Waals surface area (Å²) in [6.07, 6.45) is 0. The molecule has 8 nitrogen and oxygen atoms in total. The van der Waals surface area contributed by atoms with Crippen molar-refractivity contribution in [2.75, 3.05) is 73.6 Å². The van der Waals surface area contributed by atoms with Crippen LogP contribution in [0.1, 0.15) is 22.3 Å². The summed E-state index contributed by atoms with van der Waals surface area (Å²) >= 11 is 0. The van der Waals surface area contributed by atoms with Crippen LogP contribution in [0.15, 0.2) is 170 Å². The van der Waals surface area contributed by atoms with Crippen LogP contribution < -0.4 is 42.5 Å². The van der Waals surface area contributed by atoms with Gasteiger partial charge in [0.05, 0.1) is 0 Å². The molecule has 6 aromatic carbocycles. The minimum atomic E-state index is 0.894. The van der Waals surface area contributed by atoms with E-state index in [2.05, 4.69) is 140 Å². The molecule has 6 rings (SSSR count). The molecule has 0 saturated carbocycles. The Morgan fingerprint density at radius 2 is 0.411 bits per heavy atom. The minimum Gasteiger partial charge on any atom is -0.384 e. The van der Waals surface area contributed by atoms with Gasteiger partial charge >= 0.3 is 0 Å². The first kappa shape index (κ1) is 41.5. The Morgan fingerprint density at radius 3 is 0.607 bits per heavy atom. The first-order valence-corrected chi connectivity index (χ1v) is 19.9. The molecule has 6 aromatic rings. The summed E-state index contributed by atoms with van der Waals surface area (Å²) in [5.41, 5.74) is 9.92. The maximum atomic E-state index is 3.48. The van der Waals surface area contributed by atoms with Gasteiger partial charge in [-0.3, -0.25) is 0 Å². The first-order chi connectivity index (χ1) is 27.8. The van der Waals surface area contributed by atoms with E-state index < -0.39 is 0 Å². The van der Waals surface area contributed by atoms with Crippen molar-refractivity contribution in [1.29, 1.82) is 0 Å². The van der Waals surface area contributed by atoms with Crippen LogP contribution in [0.25, 0.3) is 0 Å². The summed E-state index contributed by atoms with van der Waals surface area (Å²) in [4.78, 5) is 0. The Balaban J connectivity index is 0.000000214. The van der Waals surface area contributed by atoms with E-state index in [4.69, 9.17) is 0 Å². The highest BCUT2D eigenvalue weighted by atomic mass is 15.0. The second-order valence-corrected chi connectivity index (χ2v) is 13.5. The molecule has 0 saturated heterocycles. The SMILES string of the molecule is c1ccc(NCCNCc2ccc(CNCCNc3ccccc3)cc2)cc1.c1ccc(NCCNCc2ccc(CNCCNc3ccccc3)cc2)cc1. The molecule has 0 spiro atoms. The Labute approximate surface area is 335 Å². The average Bonchev–Trinajstić information content (AvgIpc) is 3.26. The number of hydrogen-bond donors (Lipinski definition) is 8. The summed E-state index contributed by atoms with van der Waals surface area (Å²) in [6, 6.07) is 58.9. The molecule has 0 bridgehead atoms. The first-order valence-electron chi connectivity index (χ1n) is 19.9. The van der Waals surface area contributed by atoms with Gasteiger partial charge in [-0.05, 0) is 70.8 Å². The van der Waals surface area contributed by atoms with Gasteiger partial charge in [-0.1, -0.05) is 121 Å². The molecular weight excluding hydrogens is 689 g/mol. The predicted molar refractivity (Wildman–Crippen MR) is 239 cm³/mol. The normalized spacial score (nSPS) is 10.6. The summed E-state index contributed by atoms with van der Waals surface area (Å²) in [6.45, 7) is 11.0. The van der Waals surface area contributed by atoms with Crippen LogP contribution in [-0.4, -0.2) is 52.4 Å². The third-order valence-corrected chi connectivity index (χ3v) is 8.98. The van der Waals surface area contributed by atoms with Gasteiger partial charge in [0.2, 0.25) is 0 Å². The van der Waals surface area contributed by atoms with E-state index in [-0.39, 0.29) is 0 Å². The third kappa shape index (κ3) is 17.7. The lowest BCUT2D eigenvalue weighted by molar-refractivity contribution is 0.699. The Morgan fingerprint density at radius 1 is 0.214 bits per heavy atom. The maximum Gasteiger partial charge on any atom is 0.0340 e. The molecule has 0 fully saturated rings. The van der Waals surface area contributed by atoms with E-state index in [1.165, 1.54) is 45.0 Å². The molecule has 8 heteroatoms. The van der Waals surface area contributed by atoms with E-state index in [9.17, 15) is 0 Å². The van der Waals surface area contributed by atoms with Crippen LogP contribution in [-0.2, 0) is 26.2 Å². The molecule has 0 aromatic heterocycles. The molecule has 0 amide bonds. The predicted octanol–water partition coefficient (Wildman–Crippen LogP) is 8.18. The number of anilines is 4. The lowest BCUT2D eigenvalue weighted by Gasteiger charge is -2.09. The van der Waals surface area contributed by atoms with Gasteiger partial charge in [-0.25, -0.2) is 0 Å². The molecule has 0 aliphatic rings. The molecule has 0 heterocycles. The van der Waals surface area contributed by atoms with Gasteiger partial charge in [0.1, 0.15) is 0 Å². The summed E-state index contributed by atoms with van der Waals surface area (Å²) in [5, 5.41) is 27.6. The van der Waals surface area contributed by atoms with Crippen LogP contribution in [0.3, 0.4) is 0 Å². The highest BCUT2D eigenvalue weighted by Gasteiger charge is 1.99. The number of rotatable bonds is 24. The monoisotopic (exact) mass is 748 g/mol. The van der Waals surface area contributed by atoms with E-state index in [0.717, 1.165) is 78.5 Å². The van der Waals surface area contributed by atoms with Crippen molar-refractivity contribution in [3.63, 3.8) is 0 Å². The van der Waals surface area contributed by atoms with Crippen LogP contribution in [0.5, 0.6) is 0 Å². The van der Waals surface area contributed by atoms with Crippen molar-refractivity contribution < 1.29 is 0 Å². The van der Waals surface area contributed by atoms with E-state index in [1.807, 2.05) is 72.8 Å². The molecule has 0 aliphatic carbocycles. The Kier molecular flexibility index (Phi) is 19.4. The topological polar surface area (TPSA) is 96.2 Å². The van der Waals surface area contributed by atoms with Crippen molar-refractivity contribution in [2.24, 2.45) is 0 Å². The summed E-state index contributed by atoms with van der Waals surface area (Å²) in [7, 11) is 0. The van der Waals surface area contributed by atoms with Crippen LogP contribution in [0.2, 0.25) is 0 Å². The summed E-state index contributed by atoms with van der Waals surface area (Å²) in [5.74, 6) is 0. The molecule has 8 N–H and O–H groups in total. The smallest absolute Gasteiger partial charge is 0.0340 e. The van der Waals surface area contributed by atoms with E-state index in [0.29, 0.717) is 0 Å². The number of hydrogen-bond acceptors (Lipinski definition) is 8. The highest BCUT2D eigenvalue weighted by molar-refractivity contribution is 5.44. The average molecular weight is 749 g/mol. The van der Waals surface area contributed by atoms with Gasteiger partial charge < -0.3 is 42.5 Å². The van der Waals surface area contributed by atoms with Crippen molar-refractivity contribution in [3.8, 4) is 0 Å². The zero-order valence-electron chi connectivity index (χ0n) is 32.7. The number of benzene rings is 6. The quantitative estimate of drug-likeness (QED) is 0.0294. The van der Waals surface area contributed by atoms with Crippen molar-refractivity contribution in [3.05, 3.63) is 192 Å². The standard InChI is InChI=1S/2C24H30N4/c2*1-3-7-23(8-4-1)27-17-15-25-19-21-11-13-22(14-12-21)20-26-16-18-28-24-9-5-2-6-10-24/h2*1-14,25-28H,15-20H2. The minimum absolute atomic E-state index is 0.894. The molecule has 56 heavy (non-hydrogen) atoms. The van der Waals surface area contributed by atoms with Crippen LogP contribution in [0, 0.1) is 0 Å². The van der Waals surface area contributed by atoms with Gasteiger partial charge in [0, 0.05) is 101 Å². The highest BCUT2D eigenvalue weighted by Crippen LogP contribution is 2.08. The molecule has 292 valence electrons. The second-order valence-electron chi connectivity index (χ2n) is 13.5. The van der Waals surface area contributed by atoms with Crippen molar-refractivity contribution in [1.82, 2.24) is 21.3 Å². The Bertz CT molecular complexity index is 1550. The zero-order valence-corrected chi connectivity index (χ0v) is 32.7. The lowest BCUT2D eigenvalue weighted by atomic mass is 10.1. The van der Waals surface area contributed by atoms with Gasteiger partial charge in [-0.15, -0.1) is 0 Å². The van der Waals surface area contributed by atoms with Gasteiger partial charge in [-0.2, -0.15) is 0 Å². The van der Waals surface area contributed by atoms with Crippen molar-refractivity contribution >= 4 is 22.7 Å². The fraction of sp³-hybridized carbons (Fsp3) is 0.250. The number of nitrogens with one attached hydrogen (secondary N) is 8. The van der Waals surface area contributed by atoms with Crippen LogP contribution in [0.4, 0.5) is 22.7 Å². The molecular formula is C48H60N8. The summed E-state index contributed by atoms with van der Waals surface area (Å²) < 4.78 is 0. The Hall–Kier alpha value is -5.64. The maximum absolute atomic E-state index is 3.48. The second kappa shape index (κ2) is 26.2. The fourth-order valence-electron chi connectivity index (χ4n) is 5.89. The molecule has 0 unspecified atom stereocenters. The molecule has 0 aliphatic heterocycles. The lowest BCUT2D eigenvalue weighted by Crippen LogP contribution is -2.22. The number of para-hydroxylation sites is 4. The molecule has 0 radical (unpaired) electrons. The van der Waals surface area contributed by atoms with E-state index >= 15 is 0 Å². The van der Waals surface area contributed by atoms with E-state index in [1.54, 1.807) is 0 Å². The van der Waals surface area contributed by atoms with Gasteiger partial charge in [0.25, 0.3) is 0 Å². The zero-order chi connectivity index (χ0) is 38.6. The molecule has 0 atom stereocenters. The fourth-order valence-corrected chi connectivity index (χ4v) is 5.89. The third-order valence-electron chi connectivity index (χ3n) is 8.98. The largest absolute Gasteiger partial charge is 0.384 e. The van der Waals surface area contributed by atoms with Crippen LogP contribution >= 0.6 is 0 Å². The van der Waals surface area contributed by atoms with Crippen molar-refractivity contribution in [2.45, 2.75) is 26.2 Å². The van der Waals surface area contributed by atoms with Gasteiger partial charge in [0.15, 0.2) is 0 Å².